The molecule has 0 fully saturated rings. The van der Waals surface area contributed by atoms with E-state index >= 15 is 0 Å². The molecule has 0 aliphatic heterocycles. The third-order valence-electron chi connectivity index (χ3n) is 4.89. The average Bonchev–Trinajstić information content (AvgIpc) is 3.06. The van der Waals surface area contributed by atoms with Crippen molar-refractivity contribution in [1.29, 1.82) is 0 Å². The van der Waals surface area contributed by atoms with Gasteiger partial charge in [0.25, 0.3) is 0 Å². The van der Waals surface area contributed by atoms with E-state index in [0.29, 0.717) is 19.6 Å². The largest absolute Gasteiger partial charge is 0.494 e. The van der Waals surface area contributed by atoms with E-state index in [9.17, 15) is 4.79 Å². The Hall–Kier alpha value is -2.82. The highest BCUT2D eigenvalue weighted by molar-refractivity contribution is 5.76. The average molecular weight is 394 g/mol. The molecule has 0 bridgehead atoms. The van der Waals surface area contributed by atoms with Gasteiger partial charge in [-0.05, 0) is 56.0 Å². The molecule has 1 heterocycles. The van der Waals surface area contributed by atoms with Crippen LogP contribution in [0.2, 0.25) is 0 Å². The second-order valence-electron chi connectivity index (χ2n) is 7.39. The summed E-state index contributed by atoms with van der Waals surface area (Å²) in [5, 5.41) is 2.99. The van der Waals surface area contributed by atoms with Crippen molar-refractivity contribution in [3.8, 4) is 5.75 Å². The van der Waals surface area contributed by atoms with Crippen LogP contribution >= 0.6 is 0 Å². The van der Waals surface area contributed by atoms with Crippen LogP contribution in [0, 0.1) is 6.92 Å². The van der Waals surface area contributed by atoms with Crippen molar-refractivity contribution in [3.63, 3.8) is 0 Å². The summed E-state index contributed by atoms with van der Waals surface area (Å²) >= 11 is 0. The van der Waals surface area contributed by atoms with Crippen LogP contribution in [-0.4, -0.2) is 28.6 Å². The molecule has 0 spiro atoms. The maximum atomic E-state index is 11.6. The van der Waals surface area contributed by atoms with Crippen LogP contribution in [0.3, 0.4) is 0 Å². The topological polar surface area (TPSA) is 56.2 Å². The number of nitrogens with zero attached hydrogens (tertiary/aromatic N) is 2. The molecule has 1 aromatic heterocycles. The second kappa shape index (κ2) is 10.6. The van der Waals surface area contributed by atoms with Crippen molar-refractivity contribution < 1.29 is 9.53 Å². The number of benzene rings is 2. The van der Waals surface area contributed by atoms with Gasteiger partial charge in [-0.3, -0.25) is 4.79 Å². The Morgan fingerprint density at radius 3 is 2.83 bits per heavy atom. The van der Waals surface area contributed by atoms with E-state index in [1.54, 1.807) is 0 Å². The first-order valence-electron chi connectivity index (χ1n) is 10.6. The number of imidazole rings is 1. The predicted octanol–water partition coefficient (Wildman–Crippen LogP) is 4.66. The normalized spacial score (nSPS) is 11.0. The summed E-state index contributed by atoms with van der Waals surface area (Å²) in [5.74, 6) is 2.13. The number of aromatic nitrogens is 2. The summed E-state index contributed by atoms with van der Waals surface area (Å²) in [5.41, 5.74) is 3.39. The van der Waals surface area contributed by atoms with Gasteiger partial charge in [-0.25, -0.2) is 4.98 Å². The molecular formula is C24H31N3O2. The van der Waals surface area contributed by atoms with Crippen molar-refractivity contribution in [2.45, 2.75) is 52.5 Å². The Morgan fingerprint density at radius 1 is 1.14 bits per heavy atom. The van der Waals surface area contributed by atoms with Crippen LogP contribution in [0.4, 0.5) is 0 Å². The molecule has 0 aliphatic rings. The van der Waals surface area contributed by atoms with Gasteiger partial charge in [-0.1, -0.05) is 31.2 Å². The molecule has 3 aromatic rings. The van der Waals surface area contributed by atoms with Gasteiger partial charge in [0.2, 0.25) is 5.91 Å². The zero-order valence-electron chi connectivity index (χ0n) is 17.5. The maximum absolute atomic E-state index is 11.6. The smallest absolute Gasteiger partial charge is 0.219 e. The van der Waals surface area contributed by atoms with E-state index in [2.05, 4.69) is 47.1 Å². The summed E-state index contributed by atoms with van der Waals surface area (Å²) < 4.78 is 8.20. The molecule has 5 heteroatoms. The van der Waals surface area contributed by atoms with Crippen molar-refractivity contribution >= 4 is 16.9 Å². The third-order valence-corrected chi connectivity index (χ3v) is 4.89. The van der Waals surface area contributed by atoms with Crippen molar-refractivity contribution in [2.24, 2.45) is 0 Å². The number of ether oxygens (including phenoxy) is 1. The quantitative estimate of drug-likeness (QED) is 0.482. The fourth-order valence-electron chi connectivity index (χ4n) is 3.47. The lowest BCUT2D eigenvalue weighted by molar-refractivity contribution is -0.121. The van der Waals surface area contributed by atoms with Crippen LogP contribution in [0.25, 0.3) is 11.0 Å². The number of aryl methyl sites for hydroxylation is 3. The number of hydrogen-bond donors (Lipinski definition) is 1. The van der Waals surface area contributed by atoms with E-state index in [-0.39, 0.29) is 5.91 Å². The second-order valence-corrected chi connectivity index (χ2v) is 7.39. The molecule has 2 aromatic carbocycles. The molecule has 0 saturated carbocycles. The molecular weight excluding hydrogens is 362 g/mol. The molecule has 1 amide bonds. The zero-order valence-corrected chi connectivity index (χ0v) is 17.5. The minimum absolute atomic E-state index is 0.134. The van der Waals surface area contributed by atoms with Gasteiger partial charge in [-0.2, -0.15) is 0 Å². The molecule has 0 atom stereocenters. The van der Waals surface area contributed by atoms with E-state index in [1.165, 1.54) is 5.56 Å². The lowest BCUT2D eigenvalue weighted by atomic mass is 10.2. The summed E-state index contributed by atoms with van der Waals surface area (Å²) in [6, 6.07) is 16.4. The van der Waals surface area contributed by atoms with Gasteiger partial charge in [0.1, 0.15) is 11.6 Å². The minimum atomic E-state index is 0.134. The Balaban J connectivity index is 1.57. The Labute approximate surface area is 173 Å². The Kier molecular flexibility index (Phi) is 7.68. The Bertz CT molecular complexity index is 933. The molecule has 3 rings (SSSR count). The van der Waals surface area contributed by atoms with Crippen LogP contribution in [0.5, 0.6) is 5.75 Å². The van der Waals surface area contributed by atoms with Crippen LogP contribution in [-0.2, 0) is 17.8 Å². The highest BCUT2D eigenvalue weighted by atomic mass is 16.5. The molecule has 0 aliphatic carbocycles. The molecule has 0 saturated heterocycles. The van der Waals surface area contributed by atoms with Gasteiger partial charge < -0.3 is 14.6 Å². The lowest BCUT2D eigenvalue weighted by Crippen LogP contribution is -2.24. The van der Waals surface area contributed by atoms with Crippen molar-refractivity contribution in [1.82, 2.24) is 14.9 Å². The third kappa shape index (κ3) is 6.08. The monoisotopic (exact) mass is 393 g/mol. The van der Waals surface area contributed by atoms with E-state index in [4.69, 9.17) is 9.72 Å². The molecule has 1 N–H and O–H groups in total. The van der Waals surface area contributed by atoms with Gasteiger partial charge >= 0.3 is 0 Å². The summed E-state index contributed by atoms with van der Waals surface area (Å²) in [4.78, 5) is 16.5. The van der Waals surface area contributed by atoms with Gasteiger partial charge in [0.15, 0.2) is 0 Å². The number of carbonyl (C=O) groups excluding carboxylic acids is 1. The van der Waals surface area contributed by atoms with Crippen molar-refractivity contribution in [3.05, 3.63) is 59.9 Å². The highest BCUT2D eigenvalue weighted by Gasteiger charge is 2.10. The number of hydrogen-bond acceptors (Lipinski definition) is 3. The molecule has 29 heavy (non-hydrogen) atoms. The number of para-hydroxylation sites is 2. The maximum Gasteiger partial charge on any atom is 0.219 e. The van der Waals surface area contributed by atoms with Crippen molar-refractivity contribution in [2.75, 3.05) is 13.2 Å². The number of nitrogens with one attached hydrogen (secondary N) is 1. The molecule has 0 radical (unpaired) electrons. The predicted molar refractivity (Wildman–Crippen MR) is 117 cm³/mol. The Morgan fingerprint density at radius 2 is 2.00 bits per heavy atom. The number of amides is 1. The molecule has 5 nitrogen and oxygen atoms in total. The first kappa shape index (κ1) is 20.9. The number of fused-ring (bicyclic) bond motifs is 1. The molecule has 154 valence electrons. The first-order valence-corrected chi connectivity index (χ1v) is 10.6. The lowest BCUT2D eigenvalue weighted by Gasteiger charge is -2.11. The van der Waals surface area contributed by atoms with E-state index < -0.39 is 0 Å². The van der Waals surface area contributed by atoms with Crippen LogP contribution in [0.1, 0.15) is 44.0 Å². The van der Waals surface area contributed by atoms with Crippen LogP contribution in [0.15, 0.2) is 48.5 Å². The number of rotatable bonds is 11. The van der Waals surface area contributed by atoms with Gasteiger partial charge in [-0.15, -0.1) is 0 Å². The van der Waals surface area contributed by atoms with E-state index in [0.717, 1.165) is 54.8 Å². The molecule has 0 unspecified atom stereocenters. The minimum Gasteiger partial charge on any atom is -0.494 e. The van der Waals surface area contributed by atoms with Gasteiger partial charge in [0.05, 0.1) is 17.6 Å². The SMILES string of the molecule is CCCC(=O)NCCCc1nc2ccccc2n1CCCOc1cccc(C)c1. The summed E-state index contributed by atoms with van der Waals surface area (Å²) in [6.45, 7) is 6.32. The fraction of sp³-hybridized carbons (Fsp3) is 0.417. The fourth-order valence-corrected chi connectivity index (χ4v) is 3.47. The van der Waals surface area contributed by atoms with E-state index in [1.807, 2.05) is 25.1 Å². The zero-order chi connectivity index (χ0) is 20.5. The number of carbonyl (C=O) groups is 1. The first-order chi connectivity index (χ1) is 14.2. The highest BCUT2D eigenvalue weighted by Crippen LogP contribution is 2.18. The van der Waals surface area contributed by atoms with Gasteiger partial charge in [0, 0.05) is 25.9 Å². The standard InChI is InChI=1S/C24H31N3O2/c1-3-9-24(28)25-15-7-14-23-26-21-12-4-5-13-22(21)27(23)16-8-17-29-20-11-6-10-19(2)18-20/h4-6,10-13,18H,3,7-9,14-17H2,1-2H3,(H,25,28). The summed E-state index contributed by atoms with van der Waals surface area (Å²) in [6.07, 6.45) is 4.12. The van der Waals surface area contributed by atoms with Crippen LogP contribution < -0.4 is 10.1 Å². The summed E-state index contributed by atoms with van der Waals surface area (Å²) in [7, 11) is 0.